The molecule has 0 aliphatic heterocycles. The number of nitrogens with one attached hydrogen (secondary N) is 2. The summed E-state index contributed by atoms with van der Waals surface area (Å²) in [4.78, 5) is 22.8. The van der Waals surface area contributed by atoms with Gasteiger partial charge in [0.1, 0.15) is 5.75 Å². The van der Waals surface area contributed by atoms with E-state index in [9.17, 15) is 9.59 Å². The second-order valence-corrected chi connectivity index (χ2v) is 4.62. The van der Waals surface area contributed by atoms with Gasteiger partial charge >= 0.3 is 0 Å². The first-order valence-corrected chi connectivity index (χ1v) is 6.90. The first-order chi connectivity index (χ1) is 10.1. The molecular weight excluding hydrogens is 296 g/mol. The Labute approximate surface area is 128 Å². The second-order valence-electron chi connectivity index (χ2n) is 4.19. The van der Waals surface area contributed by atoms with Crippen molar-refractivity contribution in [1.29, 1.82) is 0 Å². The summed E-state index contributed by atoms with van der Waals surface area (Å²) in [6.07, 6.45) is 0.310. The van der Waals surface area contributed by atoms with Gasteiger partial charge in [-0.1, -0.05) is 11.6 Å². The molecule has 1 rings (SSSR count). The van der Waals surface area contributed by atoms with Gasteiger partial charge in [-0.15, -0.1) is 0 Å². The van der Waals surface area contributed by atoms with Crippen LogP contribution in [0.15, 0.2) is 24.3 Å². The summed E-state index contributed by atoms with van der Waals surface area (Å²) in [5.74, 6) is 0.210. The third kappa shape index (κ3) is 8.16. The minimum Gasteiger partial charge on any atom is -0.484 e. The summed E-state index contributed by atoms with van der Waals surface area (Å²) in [5, 5.41) is 5.91. The number of hydrogen-bond donors (Lipinski definition) is 2. The van der Waals surface area contributed by atoms with Crippen molar-refractivity contribution in [2.75, 3.05) is 33.4 Å². The van der Waals surface area contributed by atoms with Gasteiger partial charge in [0.05, 0.1) is 6.61 Å². The highest BCUT2D eigenvalue weighted by atomic mass is 35.5. The molecule has 0 aliphatic carbocycles. The number of carbonyl (C=O) groups is 2. The molecule has 1 aromatic rings. The molecule has 0 aromatic heterocycles. The van der Waals surface area contributed by atoms with Gasteiger partial charge in [-0.2, -0.15) is 0 Å². The summed E-state index contributed by atoms with van der Waals surface area (Å²) in [7, 11) is 1.54. The van der Waals surface area contributed by atoms with Crippen LogP contribution in [0.5, 0.6) is 5.75 Å². The zero-order valence-corrected chi connectivity index (χ0v) is 12.6. The highest BCUT2D eigenvalue weighted by molar-refractivity contribution is 6.30. The molecule has 1 aromatic carbocycles. The van der Waals surface area contributed by atoms with Crippen molar-refractivity contribution in [2.24, 2.45) is 0 Å². The van der Waals surface area contributed by atoms with E-state index >= 15 is 0 Å². The van der Waals surface area contributed by atoms with Crippen LogP contribution in [-0.4, -0.2) is 45.2 Å². The first-order valence-electron chi connectivity index (χ1n) is 6.52. The molecule has 0 atom stereocenters. The third-order valence-electron chi connectivity index (χ3n) is 2.49. The average Bonchev–Trinajstić information content (AvgIpc) is 2.49. The molecule has 0 fully saturated rings. The van der Waals surface area contributed by atoms with Crippen molar-refractivity contribution >= 4 is 23.4 Å². The van der Waals surface area contributed by atoms with E-state index in [-0.39, 0.29) is 18.4 Å². The highest BCUT2D eigenvalue weighted by Gasteiger charge is 2.03. The second kappa shape index (κ2) is 10.0. The molecule has 0 unspecified atom stereocenters. The lowest BCUT2D eigenvalue weighted by Gasteiger charge is -2.08. The molecule has 0 saturated carbocycles. The lowest BCUT2D eigenvalue weighted by molar-refractivity contribution is -0.124. The largest absolute Gasteiger partial charge is 0.484 e. The topological polar surface area (TPSA) is 76.7 Å². The predicted molar refractivity (Wildman–Crippen MR) is 79.5 cm³/mol. The van der Waals surface area contributed by atoms with Crippen molar-refractivity contribution in [1.82, 2.24) is 10.6 Å². The Morgan fingerprint density at radius 3 is 2.33 bits per heavy atom. The molecule has 0 heterocycles. The summed E-state index contributed by atoms with van der Waals surface area (Å²) in [5.41, 5.74) is 0. The summed E-state index contributed by atoms with van der Waals surface area (Å²) < 4.78 is 10.1. The Balaban J connectivity index is 2.08. The van der Waals surface area contributed by atoms with Gasteiger partial charge in [0.15, 0.2) is 6.61 Å². The summed E-state index contributed by atoms with van der Waals surface area (Å²) in [6, 6.07) is 6.74. The van der Waals surface area contributed by atoms with E-state index in [0.29, 0.717) is 36.9 Å². The number of rotatable bonds is 9. The van der Waals surface area contributed by atoms with Crippen molar-refractivity contribution in [2.45, 2.75) is 6.42 Å². The van der Waals surface area contributed by atoms with Gasteiger partial charge < -0.3 is 20.1 Å². The molecule has 0 radical (unpaired) electrons. The Morgan fingerprint density at radius 1 is 1.10 bits per heavy atom. The van der Waals surface area contributed by atoms with Crippen LogP contribution < -0.4 is 15.4 Å². The van der Waals surface area contributed by atoms with Crippen molar-refractivity contribution in [3.63, 3.8) is 0 Å². The maximum atomic E-state index is 11.5. The molecule has 0 spiro atoms. The fourth-order valence-electron chi connectivity index (χ4n) is 1.42. The molecule has 7 heteroatoms. The van der Waals surface area contributed by atoms with Gasteiger partial charge in [0, 0.05) is 31.6 Å². The van der Waals surface area contributed by atoms with E-state index < -0.39 is 0 Å². The number of amides is 2. The van der Waals surface area contributed by atoms with Gasteiger partial charge in [-0.05, 0) is 24.3 Å². The molecule has 0 saturated heterocycles. The molecule has 0 bridgehead atoms. The van der Waals surface area contributed by atoms with E-state index in [1.54, 1.807) is 24.3 Å². The lowest BCUT2D eigenvalue weighted by atomic mass is 10.3. The summed E-state index contributed by atoms with van der Waals surface area (Å²) >= 11 is 5.74. The van der Waals surface area contributed by atoms with Crippen molar-refractivity contribution in [3.05, 3.63) is 29.3 Å². The number of ether oxygens (including phenoxy) is 2. The fourth-order valence-corrected chi connectivity index (χ4v) is 1.54. The monoisotopic (exact) mass is 314 g/mol. The fraction of sp³-hybridized carbons (Fsp3) is 0.429. The number of hydrogen-bond acceptors (Lipinski definition) is 4. The lowest BCUT2D eigenvalue weighted by Crippen LogP contribution is -2.37. The van der Waals surface area contributed by atoms with Crippen LogP contribution in [0.25, 0.3) is 0 Å². The van der Waals surface area contributed by atoms with Gasteiger partial charge in [0.2, 0.25) is 5.91 Å². The van der Waals surface area contributed by atoms with Crippen LogP contribution in [-0.2, 0) is 14.3 Å². The Morgan fingerprint density at radius 2 is 1.71 bits per heavy atom. The molecule has 2 amide bonds. The minimum atomic E-state index is -0.254. The average molecular weight is 315 g/mol. The van der Waals surface area contributed by atoms with Crippen LogP contribution in [0.1, 0.15) is 6.42 Å². The molecule has 6 nitrogen and oxygen atoms in total. The quantitative estimate of drug-likeness (QED) is 0.666. The first kappa shape index (κ1) is 17.3. The number of halogens is 1. The number of methoxy groups -OCH3 is 1. The number of carbonyl (C=O) groups excluding carboxylic acids is 2. The summed E-state index contributed by atoms with van der Waals surface area (Å²) in [6.45, 7) is 1.02. The molecule has 116 valence electrons. The molecular formula is C14H19ClN2O4. The maximum absolute atomic E-state index is 11.5. The zero-order valence-electron chi connectivity index (χ0n) is 11.9. The smallest absolute Gasteiger partial charge is 0.258 e. The van der Waals surface area contributed by atoms with Crippen LogP contribution in [0.2, 0.25) is 5.02 Å². The van der Waals surface area contributed by atoms with Crippen LogP contribution in [0.4, 0.5) is 0 Å². The molecule has 0 aliphatic rings. The van der Waals surface area contributed by atoms with Gasteiger partial charge in [-0.25, -0.2) is 0 Å². The number of benzene rings is 1. The van der Waals surface area contributed by atoms with Crippen LogP contribution in [0.3, 0.4) is 0 Å². The Bertz CT molecular complexity index is 451. The van der Waals surface area contributed by atoms with Crippen LogP contribution in [0, 0.1) is 0 Å². The molecule has 2 N–H and O–H groups in total. The van der Waals surface area contributed by atoms with Gasteiger partial charge in [0.25, 0.3) is 5.91 Å². The van der Waals surface area contributed by atoms with Gasteiger partial charge in [-0.3, -0.25) is 9.59 Å². The standard InChI is InChI=1S/C14H19ClN2O4/c1-20-9-6-13(18)16-7-8-17-14(19)10-21-12-4-2-11(15)3-5-12/h2-5H,6-10H2,1H3,(H,16,18)(H,17,19). The van der Waals surface area contributed by atoms with E-state index in [0.717, 1.165) is 0 Å². The minimum absolute atomic E-state index is 0.0841. The molecule has 21 heavy (non-hydrogen) atoms. The van der Waals surface area contributed by atoms with Crippen LogP contribution >= 0.6 is 11.6 Å². The highest BCUT2D eigenvalue weighted by Crippen LogP contribution is 2.15. The Hall–Kier alpha value is -1.79. The maximum Gasteiger partial charge on any atom is 0.258 e. The van der Waals surface area contributed by atoms with E-state index in [2.05, 4.69) is 10.6 Å². The van der Waals surface area contributed by atoms with Crippen molar-refractivity contribution in [3.8, 4) is 5.75 Å². The zero-order chi connectivity index (χ0) is 15.5. The van der Waals surface area contributed by atoms with Crippen molar-refractivity contribution < 1.29 is 19.1 Å². The van der Waals surface area contributed by atoms with E-state index in [1.807, 2.05) is 0 Å². The third-order valence-corrected chi connectivity index (χ3v) is 2.74. The predicted octanol–water partition coefficient (Wildman–Crippen LogP) is 0.988. The SMILES string of the molecule is COCCC(=O)NCCNC(=O)COc1ccc(Cl)cc1. The normalized spacial score (nSPS) is 10.0. The Kier molecular flexibility index (Phi) is 8.23. The van der Waals surface area contributed by atoms with E-state index in [4.69, 9.17) is 21.1 Å². The van der Waals surface area contributed by atoms with E-state index in [1.165, 1.54) is 7.11 Å².